The first-order valence-electron chi connectivity index (χ1n) is 8.76. The van der Waals surface area contributed by atoms with E-state index < -0.39 is 0 Å². The molecule has 1 aromatic carbocycles. The fraction of sp³-hybridized carbons (Fsp3) is 0.250. The third-order valence-corrected chi connectivity index (χ3v) is 4.75. The van der Waals surface area contributed by atoms with Crippen LogP contribution in [0.5, 0.6) is 5.75 Å². The van der Waals surface area contributed by atoms with E-state index in [1.54, 1.807) is 18.9 Å². The van der Waals surface area contributed by atoms with E-state index >= 15 is 0 Å². The summed E-state index contributed by atoms with van der Waals surface area (Å²) in [5.74, 6) is 1.24. The number of ether oxygens (including phenoxy) is 1. The van der Waals surface area contributed by atoms with Crippen molar-refractivity contribution in [3.05, 3.63) is 42.1 Å². The minimum absolute atomic E-state index is 0.0247. The highest BCUT2D eigenvalue weighted by atomic mass is 16.5. The van der Waals surface area contributed by atoms with E-state index in [0.717, 1.165) is 28.3 Å². The lowest BCUT2D eigenvalue weighted by molar-refractivity contribution is -0.116. The van der Waals surface area contributed by atoms with Crippen LogP contribution >= 0.6 is 0 Å². The Balaban J connectivity index is 1.95. The first-order chi connectivity index (χ1) is 13.0. The van der Waals surface area contributed by atoms with Crippen molar-refractivity contribution in [1.29, 1.82) is 0 Å². The number of rotatable bonds is 3. The van der Waals surface area contributed by atoms with Gasteiger partial charge in [-0.25, -0.2) is 4.98 Å². The van der Waals surface area contributed by atoms with Gasteiger partial charge in [-0.05, 0) is 37.3 Å². The van der Waals surface area contributed by atoms with Crippen LogP contribution in [0.3, 0.4) is 0 Å². The van der Waals surface area contributed by atoms with Crippen LogP contribution in [0.15, 0.2) is 36.4 Å². The topological polar surface area (TPSA) is 86.3 Å². The zero-order valence-electron chi connectivity index (χ0n) is 15.6. The van der Waals surface area contributed by atoms with Crippen LogP contribution < -0.4 is 15.4 Å². The molecule has 138 valence electrons. The number of aryl methyl sites for hydroxylation is 1. The summed E-state index contributed by atoms with van der Waals surface area (Å²) in [5.41, 5.74) is 10.9. The van der Waals surface area contributed by atoms with Crippen molar-refractivity contribution < 1.29 is 9.53 Å². The highest BCUT2D eigenvalue weighted by Gasteiger charge is 2.30. The normalized spacial score (nSPS) is 12.9. The minimum atomic E-state index is -0.0247. The number of benzene rings is 1. The Morgan fingerprint density at radius 2 is 2.00 bits per heavy atom. The Hall–Kier alpha value is -3.35. The predicted octanol–water partition coefficient (Wildman–Crippen LogP) is 2.88. The molecule has 1 aliphatic heterocycles. The lowest BCUT2D eigenvalue weighted by atomic mass is 10.1. The second-order valence-electron chi connectivity index (χ2n) is 6.55. The molecule has 2 N–H and O–H groups in total. The molecule has 0 atom stereocenters. The fourth-order valence-corrected chi connectivity index (χ4v) is 3.49. The monoisotopic (exact) mass is 363 g/mol. The Morgan fingerprint density at radius 3 is 2.67 bits per heavy atom. The lowest BCUT2D eigenvalue weighted by Gasteiger charge is -2.10. The molecule has 27 heavy (non-hydrogen) atoms. The first kappa shape index (κ1) is 17.1. The van der Waals surface area contributed by atoms with Gasteiger partial charge in [0.05, 0.1) is 24.2 Å². The van der Waals surface area contributed by atoms with E-state index in [1.165, 1.54) is 0 Å². The molecule has 1 amide bonds. The second kappa shape index (κ2) is 6.42. The number of pyridine rings is 1. The minimum Gasteiger partial charge on any atom is -0.495 e. The number of nitrogen functional groups attached to an aromatic ring is 1. The number of carbonyl (C=O) groups excluding carboxylic acids is 1. The van der Waals surface area contributed by atoms with Crippen molar-refractivity contribution in [2.75, 3.05) is 24.3 Å². The van der Waals surface area contributed by atoms with Crippen LogP contribution in [-0.4, -0.2) is 34.1 Å². The summed E-state index contributed by atoms with van der Waals surface area (Å²) < 4.78 is 7.33. The number of fused-ring (bicyclic) bond motifs is 1. The number of imidazole rings is 1. The van der Waals surface area contributed by atoms with Crippen molar-refractivity contribution in [1.82, 2.24) is 14.5 Å². The Bertz CT molecular complexity index is 1040. The van der Waals surface area contributed by atoms with Crippen LogP contribution in [0.2, 0.25) is 0 Å². The quantitative estimate of drug-likeness (QED) is 0.723. The molecule has 7 nitrogen and oxygen atoms in total. The van der Waals surface area contributed by atoms with Gasteiger partial charge in [-0.1, -0.05) is 6.07 Å². The number of carbonyl (C=O) groups is 1. The molecule has 0 saturated heterocycles. The standard InChI is InChI=1S/C20H21N5O2/c1-12-5-4-6-16(22-12)18-19(14-7-8-17(27-3)15(21)11-14)25-10-9-24(13(2)26)20(25)23-18/h4-8,11H,9-10,21H2,1-3H3. The maximum atomic E-state index is 12.0. The lowest BCUT2D eigenvalue weighted by Crippen LogP contribution is -2.26. The van der Waals surface area contributed by atoms with Crippen LogP contribution in [0.25, 0.3) is 22.6 Å². The summed E-state index contributed by atoms with van der Waals surface area (Å²) in [6.45, 7) is 4.78. The predicted molar refractivity (Wildman–Crippen MR) is 105 cm³/mol. The molecule has 0 fully saturated rings. The molecule has 3 aromatic rings. The van der Waals surface area contributed by atoms with Crippen molar-refractivity contribution in [3.63, 3.8) is 0 Å². The van der Waals surface area contributed by atoms with Crippen molar-refractivity contribution in [3.8, 4) is 28.4 Å². The molecule has 1 aliphatic rings. The van der Waals surface area contributed by atoms with Crippen LogP contribution in [-0.2, 0) is 11.3 Å². The maximum absolute atomic E-state index is 12.0. The largest absolute Gasteiger partial charge is 0.495 e. The zero-order chi connectivity index (χ0) is 19.1. The molecule has 4 rings (SSSR count). The number of nitrogens with zero attached hydrogens (tertiary/aromatic N) is 4. The Morgan fingerprint density at radius 1 is 1.19 bits per heavy atom. The molecule has 0 unspecified atom stereocenters. The van der Waals surface area contributed by atoms with Gasteiger partial charge in [0.2, 0.25) is 11.9 Å². The maximum Gasteiger partial charge on any atom is 0.226 e. The smallest absolute Gasteiger partial charge is 0.226 e. The molecular weight excluding hydrogens is 342 g/mol. The number of amides is 1. The number of anilines is 2. The molecule has 2 aromatic heterocycles. The zero-order valence-corrected chi connectivity index (χ0v) is 15.6. The highest BCUT2D eigenvalue weighted by molar-refractivity contribution is 5.93. The van der Waals surface area contributed by atoms with Crippen molar-refractivity contribution in [2.45, 2.75) is 20.4 Å². The molecule has 0 aliphatic carbocycles. The Kier molecular flexibility index (Phi) is 4.07. The van der Waals surface area contributed by atoms with E-state index in [-0.39, 0.29) is 5.91 Å². The fourth-order valence-electron chi connectivity index (χ4n) is 3.49. The average Bonchev–Trinajstić information content (AvgIpc) is 3.20. The van der Waals surface area contributed by atoms with Crippen molar-refractivity contribution >= 4 is 17.5 Å². The first-order valence-corrected chi connectivity index (χ1v) is 8.76. The van der Waals surface area contributed by atoms with Crippen LogP contribution in [0.1, 0.15) is 12.6 Å². The summed E-state index contributed by atoms with van der Waals surface area (Å²) >= 11 is 0. The average molecular weight is 363 g/mol. The van der Waals surface area contributed by atoms with Gasteiger partial charge in [-0.15, -0.1) is 0 Å². The molecule has 7 heteroatoms. The summed E-state index contributed by atoms with van der Waals surface area (Å²) in [4.78, 5) is 23.1. The summed E-state index contributed by atoms with van der Waals surface area (Å²) in [6, 6.07) is 11.5. The van der Waals surface area contributed by atoms with Gasteiger partial charge in [0, 0.05) is 31.3 Å². The van der Waals surface area contributed by atoms with Gasteiger partial charge in [0.25, 0.3) is 0 Å². The van der Waals surface area contributed by atoms with E-state index in [9.17, 15) is 4.79 Å². The number of hydrogen-bond donors (Lipinski definition) is 1. The number of aromatic nitrogens is 3. The van der Waals surface area contributed by atoms with Gasteiger partial charge in [0.15, 0.2) is 0 Å². The van der Waals surface area contributed by atoms with Gasteiger partial charge in [-0.3, -0.25) is 14.7 Å². The van der Waals surface area contributed by atoms with E-state index in [0.29, 0.717) is 30.5 Å². The van der Waals surface area contributed by atoms with Crippen LogP contribution in [0, 0.1) is 6.92 Å². The van der Waals surface area contributed by atoms with E-state index in [4.69, 9.17) is 15.5 Å². The molecular formula is C20H21N5O2. The Labute approximate surface area is 157 Å². The number of hydrogen-bond acceptors (Lipinski definition) is 5. The van der Waals surface area contributed by atoms with Crippen molar-refractivity contribution in [2.24, 2.45) is 0 Å². The SMILES string of the molecule is COc1ccc(-c2c(-c3cccc(C)n3)nc3n2CCN3C(C)=O)cc1N. The molecule has 0 radical (unpaired) electrons. The van der Waals surface area contributed by atoms with E-state index in [1.807, 2.05) is 43.3 Å². The highest BCUT2D eigenvalue weighted by Crippen LogP contribution is 2.39. The van der Waals surface area contributed by atoms with Gasteiger partial charge >= 0.3 is 0 Å². The van der Waals surface area contributed by atoms with Gasteiger partial charge < -0.3 is 15.0 Å². The summed E-state index contributed by atoms with van der Waals surface area (Å²) in [6.07, 6.45) is 0. The third-order valence-electron chi connectivity index (χ3n) is 4.75. The summed E-state index contributed by atoms with van der Waals surface area (Å²) in [5, 5.41) is 0. The molecule has 0 spiro atoms. The van der Waals surface area contributed by atoms with E-state index in [2.05, 4.69) is 9.55 Å². The molecule has 0 bridgehead atoms. The second-order valence-corrected chi connectivity index (χ2v) is 6.55. The van der Waals surface area contributed by atoms with Crippen LogP contribution in [0.4, 0.5) is 11.6 Å². The number of methoxy groups -OCH3 is 1. The summed E-state index contributed by atoms with van der Waals surface area (Å²) in [7, 11) is 1.59. The number of nitrogens with two attached hydrogens (primary N) is 1. The molecule has 0 saturated carbocycles. The van der Waals surface area contributed by atoms with Gasteiger partial charge in [-0.2, -0.15) is 0 Å². The third kappa shape index (κ3) is 2.81. The molecule has 3 heterocycles. The van der Waals surface area contributed by atoms with Gasteiger partial charge in [0.1, 0.15) is 11.4 Å².